The summed E-state index contributed by atoms with van der Waals surface area (Å²) >= 11 is 8.85. The first kappa shape index (κ1) is 12.8. The lowest BCUT2D eigenvalue weighted by molar-refractivity contribution is 0.432. The molecule has 3 nitrogen and oxygen atoms in total. The van der Waals surface area contributed by atoms with E-state index in [0.717, 1.165) is 4.88 Å². The van der Waals surface area contributed by atoms with E-state index in [9.17, 15) is 9.50 Å². The number of nitrogens with zero attached hydrogens (tertiary/aromatic N) is 1. The third kappa shape index (κ3) is 2.99. The first-order chi connectivity index (χ1) is 8.08. The lowest BCUT2D eigenvalue weighted by atomic mass is 10.3. The number of thiazole rings is 1. The van der Waals surface area contributed by atoms with Gasteiger partial charge in [0.25, 0.3) is 0 Å². The second kappa shape index (κ2) is 5.36. The van der Waals surface area contributed by atoms with Crippen molar-refractivity contribution in [1.82, 2.24) is 4.98 Å². The largest absolute Gasteiger partial charge is 0.503 e. The molecule has 0 aliphatic rings. The molecule has 0 bridgehead atoms. The maximum Gasteiger partial charge on any atom is 0.183 e. The van der Waals surface area contributed by atoms with Gasteiger partial charge < -0.3 is 10.4 Å². The molecule has 0 aliphatic heterocycles. The van der Waals surface area contributed by atoms with Gasteiger partial charge in [-0.05, 0) is 34.7 Å². The molecule has 0 amide bonds. The van der Waals surface area contributed by atoms with Gasteiger partial charge in [-0.3, -0.25) is 0 Å². The zero-order valence-corrected chi connectivity index (χ0v) is 12.1. The molecule has 2 N–H and O–H groups in total. The van der Waals surface area contributed by atoms with Crippen LogP contribution in [0, 0.1) is 9.39 Å². The van der Waals surface area contributed by atoms with Crippen molar-refractivity contribution in [1.29, 1.82) is 0 Å². The van der Waals surface area contributed by atoms with E-state index >= 15 is 0 Å². The molecule has 90 valence electrons. The van der Waals surface area contributed by atoms with E-state index in [0.29, 0.717) is 20.3 Å². The monoisotopic (exact) mass is 384 g/mol. The number of phenolic OH excluding ortho intramolecular Hbond substituents is 1. The fourth-order valence-corrected chi connectivity index (χ4v) is 2.58. The second-order valence-electron chi connectivity index (χ2n) is 3.19. The van der Waals surface area contributed by atoms with Crippen molar-refractivity contribution in [3.63, 3.8) is 0 Å². The molecule has 1 aromatic heterocycles. The van der Waals surface area contributed by atoms with Crippen molar-refractivity contribution >= 4 is 51.2 Å². The first-order valence-electron chi connectivity index (χ1n) is 4.59. The molecule has 0 unspecified atom stereocenters. The Morgan fingerprint density at radius 3 is 2.94 bits per heavy atom. The number of rotatable bonds is 3. The summed E-state index contributed by atoms with van der Waals surface area (Å²) in [5.74, 6) is -0.981. The number of halogens is 3. The number of hydrogen-bond donors (Lipinski definition) is 2. The van der Waals surface area contributed by atoms with Crippen LogP contribution in [0.15, 0.2) is 18.3 Å². The van der Waals surface area contributed by atoms with Crippen molar-refractivity contribution in [2.45, 2.75) is 6.54 Å². The van der Waals surface area contributed by atoms with Crippen LogP contribution in [0.5, 0.6) is 5.75 Å². The van der Waals surface area contributed by atoms with Crippen molar-refractivity contribution < 1.29 is 9.50 Å². The third-order valence-corrected chi connectivity index (χ3v) is 4.00. The number of phenols is 1. The predicted molar refractivity (Wildman–Crippen MR) is 75.2 cm³/mol. The average molecular weight is 385 g/mol. The standard InChI is InChI=1S/C10H7ClFIN2OS/c11-10-15-4-5(17-10)3-14-7-2-1-6(13)8(12)9(7)16/h1-2,4,14,16H,3H2. The van der Waals surface area contributed by atoms with Crippen LogP contribution in [0.3, 0.4) is 0 Å². The zero-order valence-electron chi connectivity index (χ0n) is 8.38. The Balaban J connectivity index is 2.12. The van der Waals surface area contributed by atoms with Crippen molar-refractivity contribution in [3.8, 4) is 5.75 Å². The smallest absolute Gasteiger partial charge is 0.183 e. The molecule has 0 atom stereocenters. The van der Waals surface area contributed by atoms with Gasteiger partial charge in [-0.15, -0.1) is 11.3 Å². The summed E-state index contributed by atoms with van der Waals surface area (Å²) < 4.78 is 14.2. The van der Waals surface area contributed by atoms with Gasteiger partial charge >= 0.3 is 0 Å². The topological polar surface area (TPSA) is 45.1 Å². The number of benzene rings is 1. The predicted octanol–water partition coefficient (Wildman–Crippen LogP) is 3.86. The number of anilines is 1. The normalized spacial score (nSPS) is 10.5. The van der Waals surface area contributed by atoms with Crippen molar-refractivity contribution in [2.75, 3.05) is 5.32 Å². The maximum atomic E-state index is 13.4. The molecule has 0 saturated carbocycles. The Morgan fingerprint density at radius 2 is 2.29 bits per heavy atom. The van der Waals surface area contributed by atoms with Gasteiger partial charge in [0.15, 0.2) is 16.0 Å². The van der Waals surface area contributed by atoms with Crippen molar-refractivity contribution in [3.05, 3.63) is 37.1 Å². The average Bonchev–Trinajstić information content (AvgIpc) is 2.71. The van der Waals surface area contributed by atoms with E-state index in [2.05, 4.69) is 10.3 Å². The number of aromatic hydroxyl groups is 1. The van der Waals surface area contributed by atoms with Gasteiger partial charge in [-0.2, -0.15) is 0 Å². The molecule has 7 heteroatoms. The molecule has 0 spiro atoms. The molecule has 1 heterocycles. The Labute approximate surface area is 120 Å². The van der Waals surface area contributed by atoms with Crippen LogP contribution in [0.1, 0.15) is 4.88 Å². The van der Waals surface area contributed by atoms with Crippen LogP contribution < -0.4 is 5.32 Å². The highest BCUT2D eigenvalue weighted by Gasteiger charge is 2.10. The molecule has 0 fully saturated rings. The van der Waals surface area contributed by atoms with Gasteiger partial charge in [0.05, 0.1) is 15.8 Å². The van der Waals surface area contributed by atoms with Gasteiger partial charge in [-0.25, -0.2) is 9.37 Å². The zero-order chi connectivity index (χ0) is 12.4. The quantitative estimate of drug-likeness (QED) is 0.624. The third-order valence-electron chi connectivity index (χ3n) is 2.05. The van der Waals surface area contributed by atoms with E-state index in [1.54, 1.807) is 18.3 Å². The molecule has 2 rings (SSSR count). The van der Waals surface area contributed by atoms with Crippen LogP contribution in [-0.4, -0.2) is 10.1 Å². The highest BCUT2D eigenvalue weighted by atomic mass is 127. The first-order valence-corrected chi connectivity index (χ1v) is 6.86. The summed E-state index contributed by atoms with van der Waals surface area (Å²) in [5.41, 5.74) is 0.354. The van der Waals surface area contributed by atoms with E-state index in [4.69, 9.17) is 11.6 Å². The molecule has 17 heavy (non-hydrogen) atoms. The van der Waals surface area contributed by atoms with Gasteiger partial charge in [0.1, 0.15) is 0 Å². The summed E-state index contributed by atoms with van der Waals surface area (Å²) in [6, 6.07) is 3.22. The Kier molecular flexibility index (Phi) is 4.05. The van der Waals surface area contributed by atoms with Crippen molar-refractivity contribution in [2.24, 2.45) is 0 Å². The highest BCUT2D eigenvalue weighted by molar-refractivity contribution is 14.1. The van der Waals surface area contributed by atoms with Crippen LogP contribution in [0.2, 0.25) is 4.47 Å². The minimum Gasteiger partial charge on any atom is -0.503 e. The number of nitrogens with one attached hydrogen (secondary N) is 1. The second-order valence-corrected chi connectivity index (χ2v) is 6.05. The highest BCUT2D eigenvalue weighted by Crippen LogP contribution is 2.30. The Bertz CT molecular complexity index is 549. The lowest BCUT2D eigenvalue weighted by Crippen LogP contribution is -1.99. The van der Waals surface area contributed by atoms with Crippen LogP contribution in [0.25, 0.3) is 0 Å². The summed E-state index contributed by atoms with van der Waals surface area (Å²) in [4.78, 5) is 4.80. The summed E-state index contributed by atoms with van der Waals surface area (Å²) in [7, 11) is 0. The Hall–Kier alpha value is -0.600. The number of hydrogen-bond acceptors (Lipinski definition) is 4. The fraction of sp³-hybridized carbons (Fsp3) is 0.100. The SMILES string of the molecule is Oc1c(NCc2cnc(Cl)s2)ccc(I)c1F. The van der Waals surface area contributed by atoms with Crippen LogP contribution in [0.4, 0.5) is 10.1 Å². The maximum absolute atomic E-state index is 13.4. The van der Waals surface area contributed by atoms with Crippen LogP contribution >= 0.6 is 45.5 Å². The minimum absolute atomic E-state index is 0.354. The molecular formula is C10H7ClFIN2OS. The molecule has 0 radical (unpaired) electrons. The molecule has 0 saturated heterocycles. The fourth-order valence-electron chi connectivity index (χ4n) is 1.23. The summed E-state index contributed by atoms with van der Waals surface area (Å²) in [6.45, 7) is 0.442. The van der Waals surface area contributed by atoms with Gasteiger partial charge in [0, 0.05) is 11.1 Å². The van der Waals surface area contributed by atoms with E-state index < -0.39 is 5.82 Å². The Morgan fingerprint density at radius 1 is 1.53 bits per heavy atom. The molecular weight excluding hydrogens is 378 g/mol. The van der Waals surface area contributed by atoms with Crippen LogP contribution in [-0.2, 0) is 6.54 Å². The summed E-state index contributed by atoms with van der Waals surface area (Å²) in [5, 5.41) is 12.5. The molecule has 2 aromatic rings. The molecule has 0 aliphatic carbocycles. The van der Waals surface area contributed by atoms with E-state index in [-0.39, 0.29) is 5.75 Å². The summed E-state index contributed by atoms with van der Waals surface area (Å²) in [6.07, 6.45) is 1.64. The van der Waals surface area contributed by atoms with E-state index in [1.165, 1.54) is 11.3 Å². The van der Waals surface area contributed by atoms with Gasteiger partial charge in [-0.1, -0.05) is 11.6 Å². The number of aromatic nitrogens is 1. The molecule has 1 aromatic carbocycles. The van der Waals surface area contributed by atoms with E-state index in [1.807, 2.05) is 22.6 Å². The minimum atomic E-state index is -0.613. The van der Waals surface area contributed by atoms with Gasteiger partial charge in [0.2, 0.25) is 0 Å². The lowest BCUT2D eigenvalue weighted by Gasteiger charge is -2.08.